The molecule has 0 N–H and O–H groups in total. The highest BCUT2D eigenvalue weighted by molar-refractivity contribution is 7.92. The Morgan fingerprint density at radius 1 is 1.44 bits per heavy atom. The molecule has 1 aromatic carbocycles. The largest absolute Gasteiger partial charge is 0.273 e. The summed E-state index contributed by atoms with van der Waals surface area (Å²) in [6, 6.07) is 5.23. The predicted octanol–water partition coefficient (Wildman–Crippen LogP) is 2.35. The molecule has 0 bridgehead atoms. The minimum absolute atomic E-state index is 0.453. The Morgan fingerprint density at radius 2 is 2.12 bits per heavy atom. The summed E-state index contributed by atoms with van der Waals surface area (Å²) < 4.78 is 25.3. The number of benzene rings is 1. The van der Waals surface area contributed by atoms with Crippen molar-refractivity contribution in [1.29, 1.82) is 0 Å². The van der Waals surface area contributed by atoms with E-state index in [0.29, 0.717) is 10.2 Å². The molecule has 1 heterocycles. The van der Waals surface area contributed by atoms with E-state index in [1.807, 2.05) is 0 Å². The van der Waals surface area contributed by atoms with Crippen LogP contribution in [-0.2, 0) is 10.0 Å². The van der Waals surface area contributed by atoms with Crippen molar-refractivity contribution in [2.75, 3.05) is 17.6 Å². The molecule has 7 heteroatoms. The van der Waals surface area contributed by atoms with Crippen molar-refractivity contribution < 1.29 is 8.42 Å². The van der Waals surface area contributed by atoms with Gasteiger partial charge in [-0.3, -0.25) is 4.31 Å². The monoisotopic (exact) mass is 276 g/mol. The molecule has 0 aliphatic carbocycles. The van der Waals surface area contributed by atoms with Crippen LogP contribution in [0.5, 0.6) is 0 Å². The zero-order chi connectivity index (χ0) is 11.9. The zero-order valence-electron chi connectivity index (χ0n) is 8.64. The van der Waals surface area contributed by atoms with Gasteiger partial charge in [-0.1, -0.05) is 11.6 Å². The third-order valence-corrected chi connectivity index (χ3v) is 4.54. The van der Waals surface area contributed by atoms with Crippen LogP contribution in [-0.4, -0.2) is 26.7 Å². The van der Waals surface area contributed by atoms with Crippen LogP contribution < -0.4 is 4.31 Å². The van der Waals surface area contributed by atoms with Crippen molar-refractivity contribution in [2.45, 2.75) is 0 Å². The van der Waals surface area contributed by atoms with Gasteiger partial charge < -0.3 is 0 Å². The number of hydrogen-bond donors (Lipinski definition) is 0. The first-order valence-electron chi connectivity index (χ1n) is 4.38. The Bertz CT molecular complexity index is 636. The van der Waals surface area contributed by atoms with Gasteiger partial charge in [0.2, 0.25) is 10.0 Å². The molecule has 0 saturated carbocycles. The lowest BCUT2D eigenvalue weighted by atomic mass is 10.3. The SMILES string of the molecule is CN(c1ccc2nc(Cl)sc2c1)S(C)(=O)=O. The van der Waals surface area contributed by atoms with E-state index in [0.717, 1.165) is 16.5 Å². The quantitative estimate of drug-likeness (QED) is 0.846. The molecule has 0 fully saturated rings. The van der Waals surface area contributed by atoms with Gasteiger partial charge in [0.15, 0.2) is 4.47 Å². The number of halogens is 1. The van der Waals surface area contributed by atoms with Gasteiger partial charge >= 0.3 is 0 Å². The minimum Gasteiger partial charge on any atom is -0.273 e. The second kappa shape index (κ2) is 3.87. The van der Waals surface area contributed by atoms with Crippen LogP contribution in [0.25, 0.3) is 10.2 Å². The van der Waals surface area contributed by atoms with E-state index in [4.69, 9.17) is 11.6 Å². The normalized spacial score (nSPS) is 11.9. The van der Waals surface area contributed by atoms with Crippen LogP contribution in [0, 0.1) is 0 Å². The maximum Gasteiger partial charge on any atom is 0.231 e. The van der Waals surface area contributed by atoms with E-state index in [9.17, 15) is 8.42 Å². The first-order valence-corrected chi connectivity index (χ1v) is 7.42. The number of nitrogens with zero attached hydrogens (tertiary/aromatic N) is 2. The van der Waals surface area contributed by atoms with Gasteiger partial charge in [-0.05, 0) is 18.2 Å². The molecular formula is C9H9ClN2O2S2. The van der Waals surface area contributed by atoms with E-state index in [1.165, 1.54) is 22.7 Å². The molecule has 16 heavy (non-hydrogen) atoms. The van der Waals surface area contributed by atoms with Crippen LogP contribution in [0.1, 0.15) is 0 Å². The van der Waals surface area contributed by atoms with E-state index in [-0.39, 0.29) is 0 Å². The summed E-state index contributed by atoms with van der Waals surface area (Å²) in [6.07, 6.45) is 1.16. The lowest BCUT2D eigenvalue weighted by Gasteiger charge is -2.16. The molecule has 0 unspecified atom stereocenters. The molecule has 86 valence electrons. The Kier molecular flexibility index (Phi) is 2.81. The Morgan fingerprint density at radius 3 is 2.75 bits per heavy atom. The number of sulfonamides is 1. The third-order valence-electron chi connectivity index (χ3n) is 2.21. The summed E-state index contributed by atoms with van der Waals surface area (Å²) in [6.45, 7) is 0. The minimum atomic E-state index is -3.23. The number of hydrogen-bond acceptors (Lipinski definition) is 4. The van der Waals surface area contributed by atoms with E-state index in [2.05, 4.69) is 4.98 Å². The summed E-state index contributed by atoms with van der Waals surface area (Å²) in [4.78, 5) is 4.09. The van der Waals surface area contributed by atoms with Gasteiger partial charge in [-0.15, -0.1) is 11.3 Å². The van der Waals surface area contributed by atoms with Gasteiger partial charge in [0.05, 0.1) is 22.2 Å². The number of anilines is 1. The van der Waals surface area contributed by atoms with Crippen molar-refractivity contribution >= 4 is 48.9 Å². The summed E-state index contributed by atoms with van der Waals surface area (Å²) in [5.41, 5.74) is 1.39. The number of fused-ring (bicyclic) bond motifs is 1. The maximum absolute atomic E-state index is 11.4. The highest BCUT2D eigenvalue weighted by atomic mass is 35.5. The summed E-state index contributed by atoms with van der Waals surface area (Å²) in [7, 11) is -1.72. The molecule has 4 nitrogen and oxygen atoms in total. The first-order chi connectivity index (χ1) is 7.38. The van der Waals surface area contributed by atoms with E-state index >= 15 is 0 Å². The molecule has 0 radical (unpaired) electrons. The van der Waals surface area contributed by atoms with Crippen molar-refractivity contribution in [2.24, 2.45) is 0 Å². The topological polar surface area (TPSA) is 50.3 Å². The van der Waals surface area contributed by atoms with Crippen LogP contribution in [0.4, 0.5) is 5.69 Å². The molecular weight excluding hydrogens is 268 g/mol. The predicted molar refractivity (Wildman–Crippen MR) is 67.9 cm³/mol. The Hall–Kier alpha value is -0.850. The van der Waals surface area contributed by atoms with Gasteiger partial charge in [-0.2, -0.15) is 0 Å². The van der Waals surface area contributed by atoms with Gasteiger partial charge in [-0.25, -0.2) is 13.4 Å². The fourth-order valence-corrected chi connectivity index (χ4v) is 2.83. The second-order valence-electron chi connectivity index (χ2n) is 3.35. The average molecular weight is 277 g/mol. The third kappa shape index (κ3) is 2.14. The first kappa shape index (κ1) is 11.6. The number of aromatic nitrogens is 1. The summed E-state index contributed by atoms with van der Waals surface area (Å²) in [5.74, 6) is 0. The Balaban J connectivity index is 2.54. The lowest BCUT2D eigenvalue weighted by Crippen LogP contribution is -2.24. The smallest absolute Gasteiger partial charge is 0.231 e. The summed E-state index contributed by atoms with van der Waals surface area (Å²) in [5, 5.41) is 0. The van der Waals surface area contributed by atoms with Crippen molar-refractivity contribution in [1.82, 2.24) is 4.98 Å². The molecule has 0 atom stereocenters. The Labute approximate surface area is 103 Å². The molecule has 0 amide bonds. The van der Waals surface area contributed by atoms with Crippen LogP contribution in [0.3, 0.4) is 0 Å². The van der Waals surface area contributed by atoms with Crippen LogP contribution >= 0.6 is 22.9 Å². The molecule has 0 saturated heterocycles. The van der Waals surface area contributed by atoms with Crippen LogP contribution in [0.2, 0.25) is 4.47 Å². The summed E-state index contributed by atoms with van der Waals surface area (Å²) >= 11 is 7.11. The molecule has 0 aliphatic heterocycles. The molecule has 2 rings (SSSR count). The average Bonchev–Trinajstić information content (AvgIpc) is 2.54. The van der Waals surface area contributed by atoms with Gasteiger partial charge in [0, 0.05) is 7.05 Å². The molecule has 0 spiro atoms. The fraction of sp³-hybridized carbons (Fsp3) is 0.222. The van der Waals surface area contributed by atoms with E-state index in [1.54, 1.807) is 18.2 Å². The zero-order valence-corrected chi connectivity index (χ0v) is 11.0. The molecule has 0 aliphatic rings. The van der Waals surface area contributed by atoms with Crippen molar-refractivity contribution in [3.63, 3.8) is 0 Å². The van der Waals surface area contributed by atoms with E-state index < -0.39 is 10.0 Å². The van der Waals surface area contributed by atoms with Crippen LogP contribution in [0.15, 0.2) is 18.2 Å². The molecule has 2 aromatic rings. The van der Waals surface area contributed by atoms with Crippen molar-refractivity contribution in [3.8, 4) is 0 Å². The lowest BCUT2D eigenvalue weighted by molar-refractivity contribution is 0.600. The highest BCUT2D eigenvalue weighted by Crippen LogP contribution is 2.29. The highest BCUT2D eigenvalue weighted by Gasteiger charge is 2.13. The molecule has 1 aromatic heterocycles. The second-order valence-corrected chi connectivity index (χ2v) is 6.98. The van der Waals surface area contributed by atoms with Crippen molar-refractivity contribution in [3.05, 3.63) is 22.7 Å². The fourth-order valence-electron chi connectivity index (χ4n) is 1.27. The number of rotatable bonds is 2. The maximum atomic E-state index is 11.4. The van der Waals surface area contributed by atoms with Gasteiger partial charge in [0.1, 0.15) is 0 Å². The van der Waals surface area contributed by atoms with Gasteiger partial charge in [0.25, 0.3) is 0 Å². The number of thiazole rings is 1. The standard InChI is InChI=1S/C9H9ClN2O2S2/c1-12(16(2,13)14)6-3-4-7-8(5-6)15-9(10)11-7/h3-5H,1-2H3.